The second-order valence-corrected chi connectivity index (χ2v) is 4.67. The van der Waals surface area contributed by atoms with E-state index in [0.29, 0.717) is 6.04 Å². The topological polar surface area (TPSA) is 29.3 Å². The summed E-state index contributed by atoms with van der Waals surface area (Å²) in [6.45, 7) is 2.51. The van der Waals surface area contributed by atoms with Gasteiger partial charge in [-0.3, -0.25) is 0 Å². The molecular formula is C11H23ClN2. The van der Waals surface area contributed by atoms with E-state index in [0.717, 1.165) is 6.04 Å². The number of piperidine rings is 1. The van der Waals surface area contributed by atoms with Crippen molar-refractivity contribution in [3.05, 3.63) is 0 Å². The molecule has 0 aromatic rings. The van der Waals surface area contributed by atoms with Gasteiger partial charge < -0.3 is 10.6 Å². The molecule has 0 radical (unpaired) electrons. The molecule has 1 heterocycles. The first-order valence-electron chi connectivity index (χ1n) is 5.86. The summed E-state index contributed by atoms with van der Waals surface area (Å²) < 4.78 is 0. The first-order valence-corrected chi connectivity index (χ1v) is 5.86. The van der Waals surface area contributed by atoms with Crippen LogP contribution in [0.25, 0.3) is 0 Å². The molecule has 1 aliphatic heterocycles. The summed E-state index contributed by atoms with van der Waals surface area (Å²) in [6.07, 6.45) is 9.68. The fourth-order valence-electron chi connectivity index (χ4n) is 2.73. The minimum absolute atomic E-state index is 0. The molecule has 84 valence electrons. The first-order chi connectivity index (χ1) is 6.36. The van der Waals surface area contributed by atoms with E-state index in [9.17, 15) is 0 Å². The van der Waals surface area contributed by atoms with E-state index in [2.05, 4.69) is 4.90 Å². The zero-order chi connectivity index (χ0) is 9.10. The molecule has 0 amide bonds. The van der Waals surface area contributed by atoms with Crippen molar-refractivity contribution in [2.75, 3.05) is 13.1 Å². The van der Waals surface area contributed by atoms with E-state index in [4.69, 9.17) is 5.73 Å². The van der Waals surface area contributed by atoms with Crippen LogP contribution < -0.4 is 5.73 Å². The molecule has 1 aliphatic carbocycles. The number of hydrogen-bond acceptors (Lipinski definition) is 2. The lowest BCUT2D eigenvalue weighted by atomic mass is 9.92. The van der Waals surface area contributed by atoms with Gasteiger partial charge >= 0.3 is 0 Å². The molecule has 2 rings (SSSR count). The van der Waals surface area contributed by atoms with E-state index in [1.54, 1.807) is 0 Å². The summed E-state index contributed by atoms with van der Waals surface area (Å²) in [5, 5.41) is 0. The van der Waals surface area contributed by atoms with Crippen LogP contribution in [0.2, 0.25) is 0 Å². The van der Waals surface area contributed by atoms with Crippen LogP contribution in [0.1, 0.15) is 44.9 Å². The van der Waals surface area contributed by atoms with Crippen LogP contribution in [0, 0.1) is 0 Å². The van der Waals surface area contributed by atoms with Crippen molar-refractivity contribution in [1.29, 1.82) is 0 Å². The van der Waals surface area contributed by atoms with Crippen LogP contribution in [0.5, 0.6) is 0 Å². The highest BCUT2D eigenvalue weighted by Crippen LogP contribution is 2.24. The molecule has 3 heteroatoms. The largest absolute Gasteiger partial charge is 0.328 e. The number of nitrogens with zero attached hydrogens (tertiary/aromatic N) is 1. The van der Waals surface area contributed by atoms with Gasteiger partial charge in [-0.05, 0) is 38.8 Å². The molecule has 0 spiro atoms. The Labute approximate surface area is 93.6 Å². The SMILES string of the molecule is Cl.NC1CCN(C2CCCCC2)CC1. The van der Waals surface area contributed by atoms with E-state index in [-0.39, 0.29) is 12.4 Å². The van der Waals surface area contributed by atoms with E-state index in [1.807, 2.05) is 0 Å². The van der Waals surface area contributed by atoms with Gasteiger partial charge in [0.2, 0.25) is 0 Å². The maximum Gasteiger partial charge on any atom is 0.00952 e. The predicted octanol–water partition coefficient (Wildman–Crippen LogP) is 2.16. The normalized spacial score (nSPS) is 27.2. The van der Waals surface area contributed by atoms with Crippen LogP contribution in [0.4, 0.5) is 0 Å². The Morgan fingerprint density at radius 1 is 0.857 bits per heavy atom. The predicted molar refractivity (Wildman–Crippen MR) is 62.9 cm³/mol. The fourth-order valence-corrected chi connectivity index (χ4v) is 2.73. The van der Waals surface area contributed by atoms with Crippen molar-refractivity contribution < 1.29 is 0 Å². The van der Waals surface area contributed by atoms with Gasteiger partial charge in [0.1, 0.15) is 0 Å². The highest BCUT2D eigenvalue weighted by Gasteiger charge is 2.24. The van der Waals surface area contributed by atoms with Gasteiger partial charge in [-0.25, -0.2) is 0 Å². The molecule has 0 atom stereocenters. The minimum atomic E-state index is 0. The van der Waals surface area contributed by atoms with Crippen LogP contribution in [0.3, 0.4) is 0 Å². The lowest BCUT2D eigenvalue weighted by Crippen LogP contribution is -2.45. The average Bonchev–Trinajstić information content (AvgIpc) is 2.20. The van der Waals surface area contributed by atoms with Gasteiger partial charge in [0.25, 0.3) is 0 Å². The number of hydrogen-bond donors (Lipinski definition) is 1. The van der Waals surface area contributed by atoms with Crippen molar-refractivity contribution in [2.45, 2.75) is 57.0 Å². The summed E-state index contributed by atoms with van der Waals surface area (Å²) in [5.41, 5.74) is 5.90. The number of likely N-dealkylation sites (tertiary alicyclic amines) is 1. The van der Waals surface area contributed by atoms with Crippen molar-refractivity contribution in [2.24, 2.45) is 5.73 Å². The third-order valence-corrected chi connectivity index (χ3v) is 3.67. The van der Waals surface area contributed by atoms with Crippen LogP contribution in [-0.2, 0) is 0 Å². The highest BCUT2D eigenvalue weighted by molar-refractivity contribution is 5.85. The standard InChI is InChI=1S/C11H22N2.ClH/c12-10-6-8-13(9-7-10)11-4-2-1-3-5-11;/h10-11H,1-9,12H2;1H. The quantitative estimate of drug-likeness (QED) is 0.731. The molecular weight excluding hydrogens is 196 g/mol. The summed E-state index contributed by atoms with van der Waals surface area (Å²) in [6, 6.07) is 1.39. The summed E-state index contributed by atoms with van der Waals surface area (Å²) in [4.78, 5) is 2.68. The third-order valence-electron chi connectivity index (χ3n) is 3.67. The van der Waals surface area contributed by atoms with Crippen LogP contribution >= 0.6 is 12.4 Å². The monoisotopic (exact) mass is 218 g/mol. The Hall–Kier alpha value is 0.210. The lowest BCUT2D eigenvalue weighted by molar-refractivity contribution is 0.123. The number of rotatable bonds is 1. The van der Waals surface area contributed by atoms with Crippen molar-refractivity contribution in [3.8, 4) is 0 Å². The smallest absolute Gasteiger partial charge is 0.00952 e. The maximum atomic E-state index is 5.90. The third kappa shape index (κ3) is 3.11. The Bertz CT molecular complexity index is 149. The second-order valence-electron chi connectivity index (χ2n) is 4.67. The zero-order valence-electron chi connectivity index (χ0n) is 8.95. The Kier molecular flexibility index (Phi) is 5.21. The summed E-state index contributed by atoms with van der Waals surface area (Å²) in [7, 11) is 0. The van der Waals surface area contributed by atoms with E-state index >= 15 is 0 Å². The highest BCUT2D eigenvalue weighted by atomic mass is 35.5. The lowest BCUT2D eigenvalue weighted by Gasteiger charge is -2.38. The Morgan fingerprint density at radius 2 is 1.43 bits per heavy atom. The molecule has 2 aliphatic rings. The average molecular weight is 219 g/mol. The molecule has 2 fully saturated rings. The zero-order valence-corrected chi connectivity index (χ0v) is 9.77. The molecule has 0 bridgehead atoms. The van der Waals surface area contributed by atoms with Gasteiger partial charge in [0.15, 0.2) is 0 Å². The number of nitrogens with two attached hydrogens (primary N) is 1. The summed E-state index contributed by atoms with van der Waals surface area (Å²) >= 11 is 0. The van der Waals surface area contributed by atoms with Gasteiger partial charge in [-0.1, -0.05) is 19.3 Å². The maximum absolute atomic E-state index is 5.90. The first kappa shape index (κ1) is 12.3. The molecule has 2 nitrogen and oxygen atoms in total. The van der Waals surface area contributed by atoms with Gasteiger partial charge in [0.05, 0.1) is 0 Å². The van der Waals surface area contributed by atoms with E-state index in [1.165, 1.54) is 58.0 Å². The molecule has 0 aromatic carbocycles. The number of halogens is 1. The minimum Gasteiger partial charge on any atom is -0.328 e. The molecule has 1 saturated heterocycles. The van der Waals surface area contributed by atoms with Gasteiger partial charge in [0, 0.05) is 12.1 Å². The molecule has 2 N–H and O–H groups in total. The van der Waals surface area contributed by atoms with Crippen LogP contribution in [-0.4, -0.2) is 30.1 Å². The Balaban J connectivity index is 0.000000980. The molecule has 14 heavy (non-hydrogen) atoms. The van der Waals surface area contributed by atoms with Crippen LogP contribution in [0.15, 0.2) is 0 Å². The van der Waals surface area contributed by atoms with Crippen molar-refractivity contribution >= 4 is 12.4 Å². The second kappa shape index (κ2) is 5.94. The summed E-state index contributed by atoms with van der Waals surface area (Å²) in [5.74, 6) is 0. The van der Waals surface area contributed by atoms with E-state index < -0.39 is 0 Å². The molecule has 1 saturated carbocycles. The van der Waals surface area contributed by atoms with Gasteiger partial charge in [-0.2, -0.15) is 0 Å². The van der Waals surface area contributed by atoms with Crippen molar-refractivity contribution in [1.82, 2.24) is 4.90 Å². The molecule has 0 unspecified atom stereocenters. The fraction of sp³-hybridized carbons (Fsp3) is 1.00. The van der Waals surface area contributed by atoms with Crippen molar-refractivity contribution in [3.63, 3.8) is 0 Å². The molecule has 0 aromatic heterocycles. The van der Waals surface area contributed by atoms with Gasteiger partial charge in [-0.15, -0.1) is 12.4 Å². The Morgan fingerprint density at radius 3 is 2.00 bits per heavy atom.